The summed E-state index contributed by atoms with van der Waals surface area (Å²) in [6, 6.07) is 0.704. The summed E-state index contributed by atoms with van der Waals surface area (Å²) in [5, 5.41) is 0. The molecule has 0 aromatic heterocycles. The minimum absolute atomic E-state index is 0. The summed E-state index contributed by atoms with van der Waals surface area (Å²) in [5.41, 5.74) is 0. The zero-order valence-electron chi connectivity index (χ0n) is 7.38. The normalized spacial score (nSPS) is 25.1. The number of ether oxygens (including phenoxy) is 1. The van der Waals surface area contributed by atoms with Gasteiger partial charge in [0.2, 0.25) is 0 Å². The Morgan fingerprint density at radius 1 is 1.55 bits per heavy atom. The van der Waals surface area contributed by atoms with Crippen molar-refractivity contribution in [2.45, 2.75) is 25.8 Å². The molecule has 0 bridgehead atoms. The SMILES string of the molecule is CCN1CCC[C@H]1COC.F. The fourth-order valence-corrected chi connectivity index (χ4v) is 1.69. The molecule has 0 radical (unpaired) electrons. The average molecular weight is 163 g/mol. The predicted molar refractivity (Wildman–Crippen MR) is 44.6 cm³/mol. The third kappa shape index (κ3) is 2.75. The number of rotatable bonds is 3. The van der Waals surface area contributed by atoms with Crippen LogP contribution in [0.3, 0.4) is 0 Å². The standard InChI is InChI=1S/C8H17NO.FH/c1-3-9-6-4-5-8(9)7-10-2;/h8H,3-7H2,1-2H3;1H/t8-;/m0./s1. The van der Waals surface area contributed by atoms with E-state index in [1.54, 1.807) is 7.11 Å². The Morgan fingerprint density at radius 3 is 2.82 bits per heavy atom. The first-order valence-corrected chi connectivity index (χ1v) is 4.11. The van der Waals surface area contributed by atoms with E-state index >= 15 is 0 Å². The van der Waals surface area contributed by atoms with Gasteiger partial charge < -0.3 is 4.74 Å². The monoisotopic (exact) mass is 163 g/mol. The highest BCUT2D eigenvalue weighted by molar-refractivity contribution is 4.77. The molecule has 0 aliphatic carbocycles. The van der Waals surface area contributed by atoms with Crippen LogP contribution in [-0.2, 0) is 4.74 Å². The summed E-state index contributed by atoms with van der Waals surface area (Å²) >= 11 is 0. The predicted octanol–water partition coefficient (Wildman–Crippen LogP) is 1.27. The van der Waals surface area contributed by atoms with Gasteiger partial charge in [0.25, 0.3) is 0 Å². The van der Waals surface area contributed by atoms with Crippen molar-refractivity contribution >= 4 is 0 Å². The lowest BCUT2D eigenvalue weighted by Crippen LogP contribution is -2.32. The second-order valence-electron chi connectivity index (χ2n) is 2.88. The molecule has 0 aromatic carbocycles. The molecule has 1 saturated heterocycles. The van der Waals surface area contributed by atoms with Gasteiger partial charge in [-0.15, -0.1) is 0 Å². The van der Waals surface area contributed by atoms with E-state index in [9.17, 15) is 0 Å². The lowest BCUT2D eigenvalue weighted by molar-refractivity contribution is 0.119. The van der Waals surface area contributed by atoms with Crippen LogP contribution < -0.4 is 0 Å². The number of methoxy groups -OCH3 is 1. The molecular formula is C8H18FNO. The first-order valence-electron chi connectivity index (χ1n) is 4.11. The third-order valence-electron chi connectivity index (χ3n) is 2.26. The van der Waals surface area contributed by atoms with E-state index in [2.05, 4.69) is 11.8 Å². The van der Waals surface area contributed by atoms with Gasteiger partial charge in [0.1, 0.15) is 0 Å². The van der Waals surface area contributed by atoms with Crippen LogP contribution in [0.2, 0.25) is 0 Å². The van der Waals surface area contributed by atoms with Gasteiger partial charge in [-0.1, -0.05) is 6.92 Å². The fraction of sp³-hybridized carbons (Fsp3) is 1.00. The summed E-state index contributed by atoms with van der Waals surface area (Å²) in [5.74, 6) is 0. The van der Waals surface area contributed by atoms with Gasteiger partial charge >= 0.3 is 0 Å². The Morgan fingerprint density at radius 2 is 2.27 bits per heavy atom. The molecular weight excluding hydrogens is 145 g/mol. The Balaban J connectivity index is 0.000001000. The molecule has 1 atom stereocenters. The van der Waals surface area contributed by atoms with Gasteiger partial charge in [-0.2, -0.15) is 0 Å². The van der Waals surface area contributed by atoms with Crippen molar-refractivity contribution in [3.63, 3.8) is 0 Å². The molecule has 1 fully saturated rings. The van der Waals surface area contributed by atoms with Gasteiger partial charge in [-0.25, -0.2) is 0 Å². The van der Waals surface area contributed by atoms with Crippen LogP contribution >= 0.6 is 0 Å². The number of likely N-dealkylation sites (tertiary alicyclic amines) is 1. The van der Waals surface area contributed by atoms with Crippen LogP contribution in [0.15, 0.2) is 0 Å². The maximum absolute atomic E-state index is 5.12. The Bertz CT molecular complexity index is 100. The number of hydrogen-bond donors (Lipinski definition) is 0. The van der Waals surface area contributed by atoms with Crippen LogP contribution in [-0.4, -0.2) is 37.7 Å². The summed E-state index contributed by atoms with van der Waals surface area (Å²) in [6.07, 6.45) is 2.67. The molecule has 0 unspecified atom stereocenters. The first kappa shape index (κ1) is 10.8. The number of nitrogens with zero attached hydrogens (tertiary/aromatic N) is 1. The van der Waals surface area contributed by atoms with Crippen molar-refractivity contribution in [3.8, 4) is 0 Å². The van der Waals surface area contributed by atoms with Crippen molar-refractivity contribution in [2.75, 3.05) is 26.8 Å². The van der Waals surface area contributed by atoms with Crippen LogP contribution in [0.25, 0.3) is 0 Å². The maximum atomic E-state index is 5.12. The minimum Gasteiger partial charge on any atom is -0.383 e. The molecule has 0 N–H and O–H groups in total. The zero-order valence-corrected chi connectivity index (χ0v) is 7.38. The van der Waals surface area contributed by atoms with Gasteiger partial charge in [-0.3, -0.25) is 9.60 Å². The molecule has 0 amide bonds. The molecule has 68 valence electrons. The summed E-state index contributed by atoms with van der Waals surface area (Å²) < 4.78 is 5.12. The van der Waals surface area contributed by atoms with Gasteiger partial charge in [0, 0.05) is 13.2 Å². The number of halogens is 1. The van der Waals surface area contributed by atoms with Crippen LogP contribution in [0, 0.1) is 0 Å². The van der Waals surface area contributed by atoms with Crippen LogP contribution in [0.4, 0.5) is 4.70 Å². The highest BCUT2D eigenvalue weighted by Crippen LogP contribution is 2.15. The lowest BCUT2D eigenvalue weighted by atomic mass is 10.2. The topological polar surface area (TPSA) is 12.5 Å². The van der Waals surface area contributed by atoms with E-state index in [0.29, 0.717) is 6.04 Å². The quantitative estimate of drug-likeness (QED) is 0.621. The average Bonchev–Trinajstić information content (AvgIpc) is 2.36. The van der Waals surface area contributed by atoms with Crippen LogP contribution in [0.1, 0.15) is 19.8 Å². The molecule has 1 aliphatic heterocycles. The van der Waals surface area contributed by atoms with Crippen molar-refractivity contribution < 1.29 is 9.44 Å². The Hall–Kier alpha value is -0.150. The Labute approximate surface area is 67.9 Å². The maximum Gasteiger partial charge on any atom is 0.0618 e. The summed E-state index contributed by atoms with van der Waals surface area (Å²) in [4.78, 5) is 2.49. The van der Waals surface area contributed by atoms with E-state index in [1.165, 1.54) is 25.9 Å². The van der Waals surface area contributed by atoms with Crippen molar-refractivity contribution in [3.05, 3.63) is 0 Å². The molecule has 11 heavy (non-hydrogen) atoms. The van der Waals surface area contributed by atoms with Crippen molar-refractivity contribution in [2.24, 2.45) is 0 Å². The molecule has 1 rings (SSSR count). The van der Waals surface area contributed by atoms with Crippen molar-refractivity contribution in [1.82, 2.24) is 4.90 Å². The lowest BCUT2D eigenvalue weighted by Gasteiger charge is -2.21. The van der Waals surface area contributed by atoms with Crippen molar-refractivity contribution in [1.29, 1.82) is 0 Å². The molecule has 0 aromatic rings. The second-order valence-corrected chi connectivity index (χ2v) is 2.88. The number of likely N-dealkylation sites (N-methyl/N-ethyl adjacent to an activating group) is 1. The van der Waals surface area contributed by atoms with Gasteiger partial charge in [-0.05, 0) is 25.9 Å². The summed E-state index contributed by atoms with van der Waals surface area (Å²) in [7, 11) is 1.78. The molecule has 3 heteroatoms. The highest BCUT2D eigenvalue weighted by atomic mass is 19.0. The van der Waals surface area contributed by atoms with E-state index < -0.39 is 0 Å². The molecule has 0 saturated carbocycles. The van der Waals surface area contributed by atoms with Crippen LogP contribution in [0.5, 0.6) is 0 Å². The second kappa shape index (κ2) is 5.49. The molecule has 0 spiro atoms. The van der Waals surface area contributed by atoms with Gasteiger partial charge in [0.05, 0.1) is 6.61 Å². The number of hydrogen-bond acceptors (Lipinski definition) is 2. The van der Waals surface area contributed by atoms with E-state index in [0.717, 1.165) is 6.61 Å². The zero-order chi connectivity index (χ0) is 7.40. The largest absolute Gasteiger partial charge is 0.383 e. The smallest absolute Gasteiger partial charge is 0.0618 e. The first-order chi connectivity index (χ1) is 4.88. The molecule has 2 nitrogen and oxygen atoms in total. The highest BCUT2D eigenvalue weighted by Gasteiger charge is 2.21. The molecule has 1 heterocycles. The van der Waals surface area contributed by atoms with E-state index in [-0.39, 0.29) is 4.70 Å². The summed E-state index contributed by atoms with van der Waals surface area (Å²) in [6.45, 7) is 5.57. The minimum atomic E-state index is 0. The van der Waals surface area contributed by atoms with E-state index in [1.807, 2.05) is 0 Å². The fourth-order valence-electron chi connectivity index (χ4n) is 1.69. The van der Waals surface area contributed by atoms with E-state index in [4.69, 9.17) is 4.74 Å². The third-order valence-corrected chi connectivity index (χ3v) is 2.26. The molecule has 1 aliphatic rings. The Kier molecular flexibility index (Phi) is 5.42. The van der Waals surface area contributed by atoms with Gasteiger partial charge in [0.15, 0.2) is 0 Å².